The number of carbonyl (C=O) groups is 1. The van der Waals surface area contributed by atoms with Crippen molar-refractivity contribution >= 4 is 27.4 Å². The average molecular weight is 434 g/mol. The van der Waals surface area contributed by atoms with Crippen molar-refractivity contribution in [2.75, 3.05) is 23.9 Å². The Kier molecular flexibility index (Phi) is 5.96. The number of hydrogen-bond acceptors (Lipinski definition) is 6. The number of aromatic carboxylic acids is 1. The minimum Gasteiger partial charge on any atom is -0.478 e. The molecule has 8 nitrogen and oxygen atoms in total. The van der Waals surface area contributed by atoms with E-state index in [4.69, 9.17) is 9.88 Å². The summed E-state index contributed by atoms with van der Waals surface area (Å²) in [5.41, 5.74) is 1.12. The van der Waals surface area contributed by atoms with E-state index in [0.29, 0.717) is 11.4 Å². The van der Waals surface area contributed by atoms with Gasteiger partial charge in [0.1, 0.15) is 10.6 Å². The second-order valence-electron chi connectivity index (χ2n) is 7.85. The van der Waals surface area contributed by atoms with Crippen LogP contribution in [0.4, 0.5) is 11.4 Å². The first kappa shape index (κ1) is 21.9. The first-order valence-electron chi connectivity index (χ1n) is 9.66. The van der Waals surface area contributed by atoms with E-state index >= 15 is 0 Å². The highest BCUT2D eigenvalue weighted by molar-refractivity contribution is 7.89. The van der Waals surface area contributed by atoms with E-state index in [0.717, 1.165) is 24.6 Å². The zero-order valence-corrected chi connectivity index (χ0v) is 18.3. The van der Waals surface area contributed by atoms with E-state index in [1.807, 2.05) is 43.8 Å². The number of ether oxygens (including phenoxy) is 1. The summed E-state index contributed by atoms with van der Waals surface area (Å²) in [4.78, 5) is 15.3. The molecule has 0 aromatic heterocycles. The third-order valence-electron chi connectivity index (χ3n) is 5.37. The van der Waals surface area contributed by atoms with Crippen LogP contribution in [0.5, 0.6) is 11.5 Å². The smallest absolute Gasteiger partial charge is 0.335 e. The summed E-state index contributed by atoms with van der Waals surface area (Å²) in [6, 6.07) is 9.88. The molecule has 0 radical (unpaired) electrons. The highest BCUT2D eigenvalue weighted by Crippen LogP contribution is 2.43. The largest absolute Gasteiger partial charge is 0.478 e. The van der Waals surface area contributed by atoms with Crippen LogP contribution in [0.1, 0.15) is 37.0 Å². The lowest BCUT2D eigenvalue weighted by Crippen LogP contribution is -2.33. The summed E-state index contributed by atoms with van der Waals surface area (Å²) in [7, 11) is -0.480. The molecule has 0 saturated carbocycles. The van der Waals surface area contributed by atoms with Gasteiger partial charge in [0.05, 0.1) is 11.3 Å². The summed E-state index contributed by atoms with van der Waals surface area (Å²) in [5, 5.41) is 15.0. The number of rotatable bonds is 6. The lowest BCUT2D eigenvalue weighted by Gasteiger charge is -2.31. The van der Waals surface area contributed by atoms with Crippen molar-refractivity contribution in [1.82, 2.24) is 0 Å². The van der Waals surface area contributed by atoms with Crippen molar-refractivity contribution in [3.8, 4) is 11.5 Å². The number of hydrogen-bond donors (Lipinski definition) is 2. The molecule has 0 amide bonds. The number of benzene rings is 2. The van der Waals surface area contributed by atoms with Gasteiger partial charge >= 0.3 is 5.97 Å². The van der Waals surface area contributed by atoms with Gasteiger partial charge in [-0.25, -0.2) is 18.4 Å². The maximum absolute atomic E-state index is 12.4. The summed E-state index contributed by atoms with van der Waals surface area (Å²) in [6.07, 6.45) is 1.80. The van der Waals surface area contributed by atoms with Crippen molar-refractivity contribution in [2.45, 2.75) is 43.7 Å². The molecule has 0 bridgehead atoms. The Balaban J connectivity index is 2.25. The number of anilines is 2. The lowest BCUT2D eigenvalue weighted by molar-refractivity contribution is 0.0696. The van der Waals surface area contributed by atoms with E-state index in [-0.39, 0.29) is 28.3 Å². The Morgan fingerprint density at radius 2 is 1.80 bits per heavy atom. The second kappa shape index (κ2) is 8.16. The quantitative estimate of drug-likeness (QED) is 0.719. The van der Waals surface area contributed by atoms with Crippen LogP contribution in [0.2, 0.25) is 0 Å². The van der Waals surface area contributed by atoms with Gasteiger partial charge in [-0.2, -0.15) is 0 Å². The normalized spacial score (nSPS) is 19.0. The van der Waals surface area contributed by atoms with Crippen molar-refractivity contribution < 1.29 is 23.1 Å². The molecule has 1 aliphatic heterocycles. The third-order valence-corrected chi connectivity index (χ3v) is 6.29. The van der Waals surface area contributed by atoms with Crippen molar-refractivity contribution in [2.24, 2.45) is 5.14 Å². The predicted octanol–water partition coefficient (Wildman–Crippen LogP) is 3.27. The molecular formula is C21H27N3O5S. The molecule has 1 heterocycles. The number of primary sulfonamides is 1. The first-order valence-corrected chi connectivity index (χ1v) is 11.2. The SMILES string of the molecule is CC1CCC(C)N1c1cc(C(=O)O)cc(S(N)(=O)=O)c1Oc1cccc(N(C)C)c1. The van der Waals surface area contributed by atoms with Crippen molar-refractivity contribution in [1.29, 1.82) is 0 Å². The molecule has 2 aromatic rings. The molecule has 2 aromatic carbocycles. The number of nitrogens with two attached hydrogens (primary N) is 1. The van der Waals surface area contributed by atoms with Crippen molar-refractivity contribution in [3.05, 3.63) is 42.0 Å². The molecule has 0 spiro atoms. The molecule has 0 aliphatic carbocycles. The van der Waals surface area contributed by atoms with Gasteiger partial charge in [0.2, 0.25) is 10.0 Å². The molecule has 2 unspecified atom stereocenters. The van der Waals surface area contributed by atoms with Crippen LogP contribution in [-0.2, 0) is 10.0 Å². The summed E-state index contributed by atoms with van der Waals surface area (Å²) in [5.74, 6) is -0.768. The maximum Gasteiger partial charge on any atom is 0.335 e. The van der Waals surface area contributed by atoms with Crippen LogP contribution in [0.15, 0.2) is 41.3 Å². The Labute approximate surface area is 176 Å². The van der Waals surface area contributed by atoms with Gasteiger partial charge in [0.25, 0.3) is 0 Å². The minimum atomic E-state index is -4.25. The molecule has 1 saturated heterocycles. The van der Waals surface area contributed by atoms with Gasteiger partial charge in [-0.15, -0.1) is 0 Å². The van der Waals surface area contributed by atoms with Gasteiger partial charge in [0, 0.05) is 37.9 Å². The number of carboxylic acids is 1. The molecule has 9 heteroatoms. The molecule has 1 aliphatic rings. The van der Waals surface area contributed by atoms with E-state index < -0.39 is 16.0 Å². The number of nitrogens with zero attached hydrogens (tertiary/aromatic N) is 2. The zero-order valence-electron chi connectivity index (χ0n) is 17.5. The molecule has 2 atom stereocenters. The number of sulfonamides is 1. The van der Waals surface area contributed by atoms with E-state index in [1.54, 1.807) is 18.2 Å². The molecular weight excluding hydrogens is 406 g/mol. The fourth-order valence-electron chi connectivity index (χ4n) is 3.83. The van der Waals surface area contributed by atoms with Crippen LogP contribution in [0.3, 0.4) is 0 Å². The Bertz CT molecular complexity index is 1060. The third kappa shape index (κ3) is 4.36. The highest BCUT2D eigenvalue weighted by atomic mass is 32.2. The van der Waals surface area contributed by atoms with Gasteiger partial charge in [-0.05, 0) is 51.0 Å². The Morgan fingerprint density at radius 3 is 2.33 bits per heavy atom. The van der Waals surface area contributed by atoms with Gasteiger partial charge in [0.15, 0.2) is 5.75 Å². The van der Waals surface area contributed by atoms with Crippen molar-refractivity contribution in [3.63, 3.8) is 0 Å². The number of carboxylic acid groups (broad SMARTS) is 1. The van der Waals surface area contributed by atoms with E-state index in [1.165, 1.54) is 6.07 Å². The van der Waals surface area contributed by atoms with Crippen LogP contribution in [-0.4, -0.2) is 45.7 Å². The van der Waals surface area contributed by atoms with Gasteiger partial charge in [-0.1, -0.05) is 6.07 Å². The summed E-state index contributed by atoms with van der Waals surface area (Å²) >= 11 is 0. The highest BCUT2D eigenvalue weighted by Gasteiger charge is 2.33. The topological polar surface area (TPSA) is 113 Å². The van der Waals surface area contributed by atoms with Crippen LogP contribution < -0.4 is 19.7 Å². The first-order chi connectivity index (χ1) is 14.0. The molecule has 1 fully saturated rings. The predicted molar refractivity (Wildman–Crippen MR) is 116 cm³/mol. The molecule has 3 rings (SSSR count). The average Bonchev–Trinajstić information content (AvgIpc) is 2.99. The standard InChI is InChI=1S/C21H27N3O5S/c1-13-8-9-14(2)24(13)18-10-15(21(25)26)11-19(30(22,27)28)20(18)29-17-7-5-6-16(12-17)23(3)4/h5-7,10-14H,8-9H2,1-4H3,(H,25,26)(H2,22,27,28). The molecule has 30 heavy (non-hydrogen) atoms. The van der Waals surface area contributed by atoms with E-state index in [9.17, 15) is 18.3 Å². The second-order valence-corrected chi connectivity index (χ2v) is 9.38. The molecule has 3 N–H and O–H groups in total. The van der Waals surface area contributed by atoms with Crippen LogP contribution in [0, 0.1) is 0 Å². The summed E-state index contributed by atoms with van der Waals surface area (Å²) in [6.45, 7) is 4.04. The Morgan fingerprint density at radius 1 is 1.17 bits per heavy atom. The fourth-order valence-corrected chi connectivity index (χ4v) is 4.53. The maximum atomic E-state index is 12.4. The van der Waals surface area contributed by atoms with Gasteiger partial charge in [-0.3, -0.25) is 0 Å². The monoisotopic (exact) mass is 433 g/mol. The van der Waals surface area contributed by atoms with E-state index in [2.05, 4.69) is 0 Å². The lowest BCUT2D eigenvalue weighted by atomic mass is 10.1. The minimum absolute atomic E-state index is 0.0407. The Hall–Kier alpha value is -2.78. The zero-order chi connectivity index (χ0) is 22.2. The van der Waals surface area contributed by atoms with Gasteiger partial charge < -0.3 is 19.6 Å². The fraction of sp³-hybridized carbons (Fsp3) is 0.381. The summed E-state index contributed by atoms with van der Waals surface area (Å²) < 4.78 is 30.9. The van der Waals surface area contributed by atoms with Crippen LogP contribution >= 0.6 is 0 Å². The van der Waals surface area contributed by atoms with Crippen LogP contribution in [0.25, 0.3) is 0 Å². The molecule has 162 valence electrons.